The Bertz CT molecular complexity index is 1690. The number of carbonyl (C=O) groups excluding carboxylic acids is 2. The quantitative estimate of drug-likeness (QED) is 0.0479. The third-order valence-electron chi connectivity index (χ3n) is 12.9. The van der Waals surface area contributed by atoms with E-state index in [1.165, 1.54) is 0 Å². The van der Waals surface area contributed by atoms with Crippen molar-refractivity contribution in [2.24, 2.45) is 0 Å². The van der Waals surface area contributed by atoms with Crippen LogP contribution >= 0.6 is 0 Å². The Hall–Kier alpha value is -2.22. The molecule has 5 aliphatic heterocycles. The molecule has 0 spiro atoms. The van der Waals surface area contributed by atoms with Gasteiger partial charge in [0.05, 0.1) is 46.2 Å². The first-order valence-electron chi connectivity index (χ1n) is 23.0. The molecule has 33 heteroatoms. The lowest BCUT2D eigenvalue weighted by Crippen LogP contribution is -2.71. The van der Waals surface area contributed by atoms with Crippen molar-refractivity contribution in [2.45, 2.75) is 192 Å². The van der Waals surface area contributed by atoms with E-state index in [1.54, 1.807) is 0 Å². The van der Waals surface area contributed by atoms with Gasteiger partial charge in [-0.1, -0.05) is 0 Å². The van der Waals surface area contributed by atoms with Crippen molar-refractivity contribution >= 4 is 11.8 Å². The first-order chi connectivity index (χ1) is 34.5. The van der Waals surface area contributed by atoms with Gasteiger partial charge in [-0.05, 0) is 0 Å². The molecule has 0 aliphatic carbocycles. The Balaban J connectivity index is 1.38. The molecular formula is C40H70N2O31. The van der Waals surface area contributed by atoms with Gasteiger partial charge in [0.25, 0.3) is 0 Å². The van der Waals surface area contributed by atoms with E-state index in [0.29, 0.717) is 0 Å². The number of hydrogen-bond acceptors (Lipinski definition) is 31. The topological polar surface area (TPSA) is 535 Å². The Labute approximate surface area is 414 Å². The number of aliphatic hydroxyl groups excluding tert-OH is 19. The van der Waals surface area contributed by atoms with Crippen molar-refractivity contribution in [1.29, 1.82) is 0 Å². The molecule has 5 heterocycles. The summed E-state index contributed by atoms with van der Waals surface area (Å²) in [6.07, 6.45) is -52.4. The largest absolute Gasteiger partial charge is 0.394 e. The summed E-state index contributed by atoms with van der Waals surface area (Å²) in [6.45, 7) is -5.13. The first kappa shape index (κ1) is 61.6. The highest BCUT2D eigenvalue weighted by Crippen LogP contribution is 2.36. The van der Waals surface area contributed by atoms with E-state index in [2.05, 4.69) is 10.6 Å². The molecule has 73 heavy (non-hydrogen) atoms. The number of hydrogen-bond donors (Lipinski definition) is 21. The predicted molar refractivity (Wildman–Crippen MR) is 225 cm³/mol. The molecule has 29 atom stereocenters. The van der Waals surface area contributed by atoms with Crippen molar-refractivity contribution in [2.75, 3.05) is 46.2 Å². The number of aliphatic hydroxyl groups is 19. The molecule has 5 fully saturated rings. The van der Waals surface area contributed by atoms with E-state index in [1.807, 2.05) is 0 Å². The second kappa shape index (κ2) is 27.4. The van der Waals surface area contributed by atoms with Crippen molar-refractivity contribution in [1.82, 2.24) is 10.6 Å². The molecular weight excluding hydrogens is 1000 g/mol. The molecule has 0 aromatic heterocycles. The fourth-order valence-corrected chi connectivity index (χ4v) is 8.92. The average molecular weight is 1070 g/mol. The van der Waals surface area contributed by atoms with Crippen LogP contribution < -0.4 is 10.6 Å². The third-order valence-corrected chi connectivity index (χ3v) is 12.9. The number of nitrogens with one attached hydrogen (secondary N) is 2. The molecule has 0 unspecified atom stereocenters. The third kappa shape index (κ3) is 13.9. The molecule has 5 aliphatic rings. The van der Waals surface area contributed by atoms with Gasteiger partial charge in [-0.3, -0.25) is 9.59 Å². The Kier molecular flexibility index (Phi) is 23.1. The van der Waals surface area contributed by atoms with Gasteiger partial charge in [-0.15, -0.1) is 0 Å². The summed E-state index contributed by atoms with van der Waals surface area (Å²) >= 11 is 0. The number of carbonyl (C=O) groups is 2. The number of ether oxygens (including phenoxy) is 10. The first-order valence-corrected chi connectivity index (χ1v) is 23.0. The highest BCUT2D eigenvalue weighted by molar-refractivity contribution is 5.73. The lowest BCUT2D eigenvalue weighted by atomic mass is 9.93. The Morgan fingerprint density at radius 1 is 0.411 bits per heavy atom. The van der Waals surface area contributed by atoms with E-state index in [-0.39, 0.29) is 0 Å². The molecule has 0 saturated carbocycles. The van der Waals surface area contributed by atoms with Gasteiger partial charge in [-0.25, -0.2) is 0 Å². The molecule has 0 bridgehead atoms. The zero-order valence-corrected chi connectivity index (χ0v) is 39.1. The average Bonchev–Trinajstić information content (AvgIpc) is 3.36. The minimum Gasteiger partial charge on any atom is -0.394 e. The van der Waals surface area contributed by atoms with Gasteiger partial charge in [0.1, 0.15) is 146 Å². The summed E-state index contributed by atoms with van der Waals surface area (Å²) in [4.78, 5) is 25.2. The normalized spacial score (nSPS) is 45.2. The van der Waals surface area contributed by atoms with Crippen LogP contribution in [0.1, 0.15) is 13.8 Å². The number of amides is 2. The number of rotatable bonds is 22. The highest BCUT2D eigenvalue weighted by atomic mass is 16.8. The van der Waals surface area contributed by atoms with E-state index in [0.717, 1.165) is 13.8 Å². The van der Waals surface area contributed by atoms with Gasteiger partial charge >= 0.3 is 0 Å². The Morgan fingerprint density at radius 3 is 1.12 bits per heavy atom. The standard InChI is InChI=1S/C40H70N2O31/c1-10(50)41-19-34(72-38-28(61)25(58)22(55)14(5-45)66-38)23(56)15(6-46)64-36(19)71-33-18(9-49)68-40(30(63)27(33)60)73-35-20(42-11(2)51)37(65-16(7-47)24(35)57)70-32-17(8-48)67-39(29(62)26(32)59)69-31(13(53)4-44)21(54)12(52)3-43/h12-40,43-49,52-63H,3-9H2,1-2H3,(H,41,50)(H,42,51)/t12-,13+,14-,15-,16-,17-,18-,19-,20-,21+,22+,23+,24+,25+,26-,27-,28-,29-,30-,31-,32+,33+,34-,35-,36-,37-,38+,39+,40+/m1/s1. The van der Waals surface area contributed by atoms with E-state index in [9.17, 15) is 107 Å². The van der Waals surface area contributed by atoms with Gasteiger partial charge in [0.2, 0.25) is 11.8 Å². The van der Waals surface area contributed by atoms with Gasteiger partial charge in [0.15, 0.2) is 31.5 Å². The molecule has 0 aromatic carbocycles. The molecule has 5 rings (SSSR count). The summed E-state index contributed by atoms with van der Waals surface area (Å²) in [5, 5.41) is 205. The van der Waals surface area contributed by atoms with Crippen LogP contribution in [0.4, 0.5) is 0 Å². The van der Waals surface area contributed by atoms with Gasteiger partial charge < -0.3 is 155 Å². The van der Waals surface area contributed by atoms with Crippen molar-refractivity contribution in [3.05, 3.63) is 0 Å². The molecule has 426 valence electrons. The maximum atomic E-state index is 12.7. The fourth-order valence-electron chi connectivity index (χ4n) is 8.92. The van der Waals surface area contributed by atoms with E-state index < -0.39 is 236 Å². The molecule has 5 saturated heterocycles. The summed E-state index contributed by atoms with van der Waals surface area (Å²) < 4.78 is 57.3. The van der Waals surface area contributed by atoms with Crippen LogP contribution in [0.5, 0.6) is 0 Å². The lowest BCUT2D eigenvalue weighted by Gasteiger charge is -2.51. The summed E-state index contributed by atoms with van der Waals surface area (Å²) in [5.74, 6) is -1.70. The lowest BCUT2D eigenvalue weighted by molar-refractivity contribution is -0.381. The smallest absolute Gasteiger partial charge is 0.217 e. The predicted octanol–water partition coefficient (Wildman–Crippen LogP) is -14.2. The molecule has 2 amide bonds. The van der Waals surface area contributed by atoms with Crippen LogP contribution in [-0.4, -0.2) is 333 Å². The molecule has 33 nitrogen and oxygen atoms in total. The Morgan fingerprint density at radius 2 is 0.740 bits per heavy atom. The minimum absolute atomic E-state index is 0.827. The maximum Gasteiger partial charge on any atom is 0.217 e. The monoisotopic (exact) mass is 1070 g/mol. The second-order valence-corrected chi connectivity index (χ2v) is 18.0. The van der Waals surface area contributed by atoms with Crippen LogP contribution in [0.25, 0.3) is 0 Å². The van der Waals surface area contributed by atoms with Crippen molar-refractivity contribution in [3.63, 3.8) is 0 Å². The highest BCUT2D eigenvalue weighted by Gasteiger charge is 2.58. The van der Waals surface area contributed by atoms with Crippen LogP contribution in [0.15, 0.2) is 0 Å². The van der Waals surface area contributed by atoms with E-state index >= 15 is 0 Å². The zero-order valence-electron chi connectivity index (χ0n) is 39.1. The molecule has 0 radical (unpaired) electrons. The SMILES string of the molecule is CC(=O)N[C@H]1[C@@H](O[C@@H]2[C@H](O)[C@@H](O)[C@H](O[C@H]3[C@@H](O)[C@@H](CO)O[C@H](O[C@@H]4[C@H](O)[C@@H](O)[C@H](O[C@@H]([C@@H](O)[C@H](O)CO)[C@@H](O)CO)O[C@@H]4CO)[C@@H]3NC(C)=O)O[C@@H]2CO)O[C@H](CO)[C@H](O)[C@@H]1O[C@@H]1O[C@H](CO)[C@H](O)[C@H](O)[C@H]1O. The van der Waals surface area contributed by atoms with Crippen LogP contribution in [0.3, 0.4) is 0 Å². The van der Waals surface area contributed by atoms with Crippen molar-refractivity contribution in [3.8, 4) is 0 Å². The summed E-state index contributed by atoms with van der Waals surface area (Å²) in [5.41, 5.74) is 0. The van der Waals surface area contributed by atoms with Gasteiger partial charge in [0, 0.05) is 13.8 Å². The van der Waals surface area contributed by atoms with E-state index in [4.69, 9.17) is 47.4 Å². The van der Waals surface area contributed by atoms with Crippen LogP contribution in [-0.2, 0) is 57.0 Å². The molecule has 0 aromatic rings. The molecule has 21 N–H and O–H groups in total. The fraction of sp³-hybridized carbons (Fsp3) is 0.950. The summed E-state index contributed by atoms with van der Waals surface area (Å²) in [7, 11) is 0. The maximum absolute atomic E-state index is 12.7. The van der Waals surface area contributed by atoms with Gasteiger partial charge in [-0.2, -0.15) is 0 Å². The van der Waals surface area contributed by atoms with Crippen LogP contribution in [0, 0.1) is 0 Å². The van der Waals surface area contributed by atoms with Crippen LogP contribution in [0.2, 0.25) is 0 Å². The minimum atomic E-state index is -2.26. The zero-order chi connectivity index (χ0) is 54.3. The second-order valence-electron chi connectivity index (χ2n) is 18.0. The summed E-state index contributed by atoms with van der Waals surface area (Å²) in [6, 6.07) is -3.48. The van der Waals surface area contributed by atoms with Crippen molar-refractivity contribution < 1.29 is 154 Å².